The molecular formula is C26H28Cl2N4O2. The molecule has 0 bridgehead atoms. The number of rotatable bonds is 7. The van der Waals surface area contributed by atoms with Crippen molar-refractivity contribution in [1.29, 1.82) is 0 Å². The van der Waals surface area contributed by atoms with Gasteiger partial charge in [-0.1, -0.05) is 41.4 Å². The number of anilines is 1. The Kier molecular flexibility index (Phi) is 7.61. The summed E-state index contributed by atoms with van der Waals surface area (Å²) in [5.74, 6) is 0.614. The van der Waals surface area contributed by atoms with E-state index in [-0.39, 0.29) is 17.8 Å². The molecule has 1 fully saturated rings. The first kappa shape index (κ1) is 24.3. The Bertz CT molecular complexity index is 1140. The summed E-state index contributed by atoms with van der Waals surface area (Å²) in [4.78, 5) is 16.9. The number of hydrogen-bond acceptors (Lipinski definition) is 5. The first-order valence-electron chi connectivity index (χ1n) is 11.3. The van der Waals surface area contributed by atoms with Crippen LogP contribution in [-0.2, 0) is 0 Å². The van der Waals surface area contributed by atoms with Gasteiger partial charge in [-0.05, 0) is 69.1 Å². The molecule has 1 aliphatic rings. The number of amides is 1. The lowest BCUT2D eigenvalue weighted by Gasteiger charge is -2.21. The van der Waals surface area contributed by atoms with Crippen molar-refractivity contribution < 1.29 is 9.53 Å². The summed E-state index contributed by atoms with van der Waals surface area (Å²) in [7, 11) is 0. The third-order valence-electron chi connectivity index (χ3n) is 6.13. The van der Waals surface area contributed by atoms with Gasteiger partial charge >= 0.3 is 0 Å². The number of pyridine rings is 1. The minimum Gasteiger partial charge on any atom is -0.482 e. The number of halogens is 2. The number of nitrogens with one attached hydrogen (secondary N) is 2. The number of hydrogen-bond donors (Lipinski definition) is 3. The number of carbonyl (C=O) groups is 1. The molecule has 6 nitrogen and oxygen atoms in total. The maximum atomic E-state index is 12.7. The van der Waals surface area contributed by atoms with Crippen molar-refractivity contribution in [3.63, 3.8) is 0 Å². The summed E-state index contributed by atoms with van der Waals surface area (Å²) in [6.07, 6.45) is 3.47. The maximum absolute atomic E-state index is 12.7. The van der Waals surface area contributed by atoms with Gasteiger partial charge in [0.05, 0.1) is 0 Å². The van der Waals surface area contributed by atoms with Crippen molar-refractivity contribution in [1.82, 2.24) is 15.6 Å². The third-order valence-corrected chi connectivity index (χ3v) is 6.79. The third kappa shape index (κ3) is 5.46. The van der Waals surface area contributed by atoms with Gasteiger partial charge in [0.1, 0.15) is 6.10 Å². The second kappa shape index (κ2) is 10.6. The number of benzene rings is 2. The highest BCUT2D eigenvalue weighted by Crippen LogP contribution is 2.35. The van der Waals surface area contributed by atoms with Crippen LogP contribution in [0.25, 0.3) is 11.1 Å². The highest BCUT2D eigenvalue weighted by Gasteiger charge is 2.22. The van der Waals surface area contributed by atoms with Crippen LogP contribution in [0.2, 0.25) is 10.0 Å². The molecule has 1 aromatic heterocycles. The molecule has 0 radical (unpaired) electrons. The predicted molar refractivity (Wildman–Crippen MR) is 138 cm³/mol. The van der Waals surface area contributed by atoms with E-state index in [0.717, 1.165) is 30.5 Å². The van der Waals surface area contributed by atoms with Crippen molar-refractivity contribution in [2.45, 2.75) is 44.9 Å². The van der Waals surface area contributed by atoms with Gasteiger partial charge in [-0.25, -0.2) is 4.98 Å². The molecule has 0 spiro atoms. The molecule has 3 unspecified atom stereocenters. The highest BCUT2D eigenvalue weighted by atomic mass is 35.5. The smallest absolute Gasteiger partial charge is 0.251 e. The molecule has 0 saturated carbocycles. The molecule has 8 heteroatoms. The van der Waals surface area contributed by atoms with Crippen molar-refractivity contribution >= 4 is 34.9 Å². The van der Waals surface area contributed by atoms with E-state index in [1.54, 1.807) is 24.4 Å². The van der Waals surface area contributed by atoms with Crippen LogP contribution < -0.4 is 21.1 Å². The normalized spacial score (nSPS) is 17.2. The van der Waals surface area contributed by atoms with E-state index >= 15 is 0 Å². The van der Waals surface area contributed by atoms with E-state index in [0.29, 0.717) is 33.0 Å². The zero-order valence-corrected chi connectivity index (χ0v) is 20.7. The lowest BCUT2D eigenvalue weighted by Crippen LogP contribution is -2.45. The van der Waals surface area contributed by atoms with E-state index < -0.39 is 6.10 Å². The van der Waals surface area contributed by atoms with Crippen LogP contribution in [-0.4, -0.2) is 29.5 Å². The zero-order chi connectivity index (χ0) is 24.2. The number of carbonyl (C=O) groups excluding carboxylic acids is 1. The summed E-state index contributed by atoms with van der Waals surface area (Å²) in [5.41, 5.74) is 9.07. The van der Waals surface area contributed by atoms with Crippen molar-refractivity contribution in [2.24, 2.45) is 0 Å². The van der Waals surface area contributed by atoms with Crippen LogP contribution >= 0.6 is 23.2 Å². The summed E-state index contributed by atoms with van der Waals surface area (Å²) >= 11 is 12.6. The first-order chi connectivity index (χ1) is 16.3. The van der Waals surface area contributed by atoms with Gasteiger partial charge in [0.2, 0.25) is 0 Å². The minimum atomic E-state index is -0.428. The average Bonchev–Trinajstić information content (AvgIpc) is 3.36. The van der Waals surface area contributed by atoms with Crippen molar-refractivity contribution in [2.75, 3.05) is 12.3 Å². The fourth-order valence-electron chi connectivity index (χ4n) is 4.20. The number of ether oxygens (including phenoxy) is 1. The van der Waals surface area contributed by atoms with Crippen LogP contribution in [0.1, 0.15) is 48.7 Å². The Hall–Kier alpha value is -2.80. The Morgan fingerprint density at radius 2 is 1.85 bits per heavy atom. The molecule has 4 rings (SSSR count). The van der Waals surface area contributed by atoms with E-state index in [2.05, 4.69) is 15.6 Å². The number of nitrogens with zero attached hydrogens (tertiary/aromatic N) is 1. The lowest BCUT2D eigenvalue weighted by atomic mass is 10.0. The molecule has 34 heavy (non-hydrogen) atoms. The summed E-state index contributed by atoms with van der Waals surface area (Å²) < 4.78 is 6.08. The van der Waals surface area contributed by atoms with Gasteiger partial charge in [0.25, 0.3) is 5.91 Å². The van der Waals surface area contributed by atoms with Crippen LogP contribution in [0.3, 0.4) is 0 Å². The Labute approximate surface area is 209 Å². The van der Waals surface area contributed by atoms with Gasteiger partial charge in [-0.3, -0.25) is 4.79 Å². The van der Waals surface area contributed by atoms with Crippen molar-refractivity contribution in [3.05, 3.63) is 75.9 Å². The van der Waals surface area contributed by atoms with Crippen molar-refractivity contribution in [3.8, 4) is 16.9 Å². The van der Waals surface area contributed by atoms with E-state index in [1.165, 1.54) is 0 Å². The number of nitrogens with two attached hydrogens (primary N) is 1. The lowest BCUT2D eigenvalue weighted by molar-refractivity contribution is 0.0933. The second-order valence-corrected chi connectivity index (χ2v) is 9.36. The average molecular weight is 499 g/mol. The fraction of sp³-hybridized carbons (Fsp3) is 0.308. The molecule has 178 valence electrons. The minimum absolute atomic E-state index is 0.0734. The van der Waals surface area contributed by atoms with Crippen LogP contribution in [0, 0.1) is 0 Å². The molecule has 1 aliphatic heterocycles. The van der Waals surface area contributed by atoms with Crippen LogP contribution in [0.5, 0.6) is 5.75 Å². The standard InChI is InChI=1S/C26H28Cl2N4O2/c1-15(22-7-4-12-30-22)32-26(33)18-10-8-17(9-11-18)19-13-23(25(29)31-14-19)34-16(2)24-20(27)5-3-6-21(24)28/h3,5-6,8-11,13-16,22,30H,4,7,12H2,1-2H3,(H2,29,31)(H,32,33). The summed E-state index contributed by atoms with van der Waals surface area (Å²) in [6.45, 7) is 4.90. The summed E-state index contributed by atoms with van der Waals surface area (Å²) in [5, 5.41) is 7.56. The molecule has 2 heterocycles. The number of aromatic nitrogens is 1. The first-order valence-corrected chi connectivity index (χ1v) is 12.1. The Morgan fingerprint density at radius 1 is 1.15 bits per heavy atom. The second-order valence-electron chi connectivity index (χ2n) is 8.55. The predicted octanol–water partition coefficient (Wildman–Crippen LogP) is 5.65. The number of nitrogen functional groups attached to an aromatic ring is 1. The largest absolute Gasteiger partial charge is 0.482 e. The summed E-state index contributed by atoms with van der Waals surface area (Å²) in [6, 6.07) is 14.9. The van der Waals surface area contributed by atoms with E-state index in [1.807, 2.05) is 44.2 Å². The molecule has 2 aromatic carbocycles. The molecule has 4 N–H and O–H groups in total. The fourth-order valence-corrected chi connectivity index (χ4v) is 4.90. The van der Waals surface area contributed by atoms with Gasteiger partial charge < -0.3 is 21.1 Å². The van der Waals surface area contributed by atoms with Crippen LogP contribution in [0.4, 0.5) is 5.82 Å². The zero-order valence-electron chi connectivity index (χ0n) is 19.1. The quantitative estimate of drug-likeness (QED) is 0.391. The van der Waals surface area contributed by atoms with Crippen LogP contribution in [0.15, 0.2) is 54.7 Å². The monoisotopic (exact) mass is 498 g/mol. The van der Waals surface area contributed by atoms with Gasteiger partial charge in [-0.2, -0.15) is 0 Å². The van der Waals surface area contributed by atoms with E-state index in [4.69, 9.17) is 33.7 Å². The topological polar surface area (TPSA) is 89.3 Å². The maximum Gasteiger partial charge on any atom is 0.251 e. The van der Waals surface area contributed by atoms with Gasteiger partial charge in [0.15, 0.2) is 11.6 Å². The molecular weight excluding hydrogens is 471 g/mol. The Morgan fingerprint density at radius 3 is 2.50 bits per heavy atom. The highest BCUT2D eigenvalue weighted by molar-refractivity contribution is 6.36. The molecule has 3 atom stereocenters. The van der Waals surface area contributed by atoms with Gasteiger partial charge in [-0.15, -0.1) is 0 Å². The Balaban J connectivity index is 1.48. The molecule has 1 amide bonds. The SMILES string of the molecule is CC(Oc1cc(-c2ccc(C(=O)NC(C)C3CCCN3)cc2)cnc1N)c1c(Cl)cccc1Cl. The molecule has 3 aromatic rings. The van der Waals surface area contributed by atoms with Gasteiger partial charge in [0, 0.05) is 45.0 Å². The van der Waals surface area contributed by atoms with E-state index in [9.17, 15) is 4.79 Å². The molecule has 0 aliphatic carbocycles. The molecule has 1 saturated heterocycles.